The second kappa shape index (κ2) is 4.90. The molecule has 1 aromatic carbocycles. The molecule has 0 radical (unpaired) electrons. The normalized spacial score (nSPS) is 13.2. The summed E-state index contributed by atoms with van der Waals surface area (Å²) in [5.41, 5.74) is 4.59. The summed E-state index contributed by atoms with van der Waals surface area (Å²) < 4.78 is 2.00. The molecule has 3 nitrogen and oxygen atoms in total. The lowest BCUT2D eigenvalue weighted by atomic mass is 10.2. The van der Waals surface area contributed by atoms with Gasteiger partial charge in [0.05, 0.1) is 10.6 Å². The van der Waals surface area contributed by atoms with Crippen molar-refractivity contribution in [2.45, 2.75) is 13.3 Å². The minimum Gasteiger partial charge on any atom is -0.369 e. The molecule has 21 heavy (non-hydrogen) atoms. The Kier molecular flexibility index (Phi) is 3.01. The van der Waals surface area contributed by atoms with E-state index in [4.69, 9.17) is 16.7 Å². The van der Waals surface area contributed by atoms with Gasteiger partial charge < -0.3 is 5.32 Å². The van der Waals surface area contributed by atoms with Gasteiger partial charge in [-0.15, -0.1) is 11.3 Å². The lowest BCUT2D eigenvalue weighted by Crippen LogP contribution is -2.05. The molecule has 3 aromatic rings. The number of hydrogen-bond donors (Lipinski definition) is 1. The molecule has 0 aliphatic carbocycles. The molecule has 106 valence electrons. The van der Waals surface area contributed by atoms with E-state index < -0.39 is 0 Å². The van der Waals surface area contributed by atoms with Crippen LogP contribution in [0, 0.1) is 6.92 Å². The summed E-state index contributed by atoms with van der Waals surface area (Å²) in [7, 11) is 0. The molecule has 4 rings (SSSR count). The minimum atomic E-state index is 0.732. The van der Waals surface area contributed by atoms with Crippen molar-refractivity contribution in [1.82, 2.24) is 9.78 Å². The Morgan fingerprint density at radius 2 is 2.24 bits per heavy atom. The highest BCUT2D eigenvalue weighted by atomic mass is 35.5. The maximum absolute atomic E-state index is 6.16. The number of nitrogens with zero attached hydrogens (tertiary/aromatic N) is 2. The largest absolute Gasteiger partial charge is 0.369 e. The van der Waals surface area contributed by atoms with Gasteiger partial charge in [0.1, 0.15) is 11.5 Å². The van der Waals surface area contributed by atoms with E-state index in [1.807, 2.05) is 22.9 Å². The number of fused-ring (bicyclic) bond motifs is 1. The van der Waals surface area contributed by atoms with Gasteiger partial charge >= 0.3 is 0 Å². The van der Waals surface area contributed by atoms with E-state index in [0.717, 1.165) is 40.8 Å². The number of nitrogens with one attached hydrogen (secondary N) is 1. The topological polar surface area (TPSA) is 29.9 Å². The first-order chi connectivity index (χ1) is 10.2. The smallest absolute Gasteiger partial charge is 0.133 e. The van der Waals surface area contributed by atoms with Gasteiger partial charge in [-0.3, -0.25) is 0 Å². The van der Waals surface area contributed by atoms with Crippen molar-refractivity contribution in [3.05, 3.63) is 51.9 Å². The highest BCUT2D eigenvalue weighted by Gasteiger charge is 2.24. The first-order valence-corrected chi connectivity index (χ1v) is 8.16. The zero-order valence-corrected chi connectivity index (χ0v) is 13.1. The molecule has 0 bridgehead atoms. The summed E-state index contributed by atoms with van der Waals surface area (Å²) in [4.78, 5) is 1.22. The fourth-order valence-corrected chi connectivity index (χ4v) is 3.67. The van der Waals surface area contributed by atoms with E-state index in [-0.39, 0.29) is 0 Å². The van der Waals surface area contributed by atoms with Crippen molar-refractivity contribution in [1.29, 1.82) is 0 Å². The summed E-state index contributed by atoms with van der Waals surface area (Å²) in [6.45, 7) is 3.05. The quantitative estimate of drug-likeness (QED) is 0.753. The van der Waals surface area contributed by atoms with Crippen LogP contribution in [0.2, 0.25) is 5.02 Å². The molecule has 1 N–H and O–H groups in total. The van der Waals surface area contributed by atoms with E-state index in [2.05, 4.69) is 29.8 Å². The van der Waals surface area contributed by atoms with Crippen LogP contribution in [0.1, 0.15) is 11.1 Å². The van der Waals surface area contributed by atoms with Crippen molar-refractivity contribution in [2.75, 3.05) is 11.9 Å². The van der Waals surface area contributed by atoms with Crippen LogP contribution in [-0.4, -0.2) is 16.3 Å². The van der Waals surface area contributed by atoms with Crippen molar-refractivity contribution >= 4 is 28.8 Å². The third-order valence-corrected chi connectivity index (χ3v) is 4.92. The number of benzene rings is 1. The van der Waals surface area contributed by atoms with E-state index in [0.29, 0.717) is 0 Å². The maximum atomic E-state index is 6.16. The molecular weight excluding hydrogens is 302 g/mol. The molecule has 0 fully saturated rings. The van der Waals surface area contributed by atoms with E-state index >= 15 is 0 Å². The van der Waals surface area contributed by atoms with Crippen LogP contribution in [0.15, 0.2) is 35.7 Å². The van der Waals surface area contributed by atoms with Gasteiger partial charge in [0.25, 0.3) is 0 Å². The van der Waals surface area contributed by atoms with Gasteiger partial charge in [0, 0.05) is 17.1 Å². The fraction of sp³-hybridized carbons (Fsp3) is 0.188. The Hall–Kier alpha value is -1.78. The third kappa shape index (κ3) is 2.06. The minimum absolute atomic E-state index is 0.732. The van der Waals surface area contributed by atoms with Crippen LogP contribution in [0.5, 0.6) is 0 Å². The van der Waals surface area contributed by atoms with Crippen molar-refractivity contribution in [3.8, 4) is 16.3 Å². The number of thiophene rings is 1. The molecule has 5 heteroatoms. The molecule has 3 heterocycles. The molecular formula is C16H14ClN3S. The van der Waals surface area contributed by atoms with Gasteiger partial charge in [0.2, 0.25) is 0 Å². The Morgan fingerprint density at radius 3 is 3.05 bits per heavy atom. The zero-order chi connectivity index (χ0) is 14.4. The standard InChI is InChI=1S/C16H14ClN3S/c1-10-4-5-11(17)9-13(10)20-16-12(6-7-18-16)15(19-20)14-3-2-8-21-14/h2-5,8-9,18H,6-7H2,1H3. The summed E-state index contributed by atoms with van der Waals surface area (Å²) >= 11 is 7.89. The van der Waals surface area contributed by atoms with E-state index in [1.165, 1.54) is 10.4 Å². The number of hydrogen-bond acceptors (Lipinski definition) is 3. The highest BCUT2D eigenvalue weighted by molar-refractivity contribution is 7.13. The van der Waals surface area contributed by atoms with Gasteiger partial charge in [-0.1, -0.05) is 23.7 Å². The van der Waals surface area contributed by atoms with Crippen LogP contribution >= 0.6 is 22.9 Å². The van der Waals surface area contributed by atoms with Crippen LogP contribution < -0.4 is 5.32 Å². The first-order valence-electron chi connectivity index (χ1n) is 6.90. The molecule has 0 atom stereocenters. The lowest BCUT2D eigenvalue weighted by molar-refractivity contribution is 0.876. The number of aryl methyl sites for hydroxylation is 1. The number of aromatic nitrogens is 2. The van der Waals surface area contributed by atoms with Crippen molar-refractivity contribution < 1.29 is 0 Å². The summed E-state index contributed by atoms with van der Waals surface area (Å²) in [5.74, 6) is 1.10. The van der Waals surface area contributed by atoms with E-state index in [9.17, 15) is 0 Å². The highest BCUT2D eigenvalue weighted by Crippen LogP contribution is 2.37. The van der Waals surface area contributed by atoms with E-state index in [1.54, 1.807) is 11.3 Å². The average Bonchev–Trinajstić information content (AvgIpc) is 3.16. The maximum Gasteiger partial charge on any atom is 0.133 e. The Labute approximate surface area is 132 Å². The number of anilines is 1. The zero-order valence-electron chi connectivity index (χ0n) is 11.6. The van der Waals surface area contributed by atoms with Crippen LogP contribution in [0.3, 0.4) is 0 Å². The van der Waals surface area contributed by atoms with Gasteiger partial charge in [-0.25, -0.2) is 4.68 Å². The fourth-order valence-electron chi connectivity index (χ4n) is 2.77. The average molecular weight is 316 g/mol. The molecule has 1 aliphatic heterocycles. The molecule has 1 aliphatic rings. The predicted molar refractivity (Wildman–Crippen MR) is 88.8 cm³/mol. The molecule has 0 saturated carbocycles. The molecule has 0 unspecified atom stereocenters. The Bertz CT molecular complexity index is 805. The number of halogens is 1. The van der Waals surface area contributed by atoms with Crippen LogP contribution in [0.25, 0.3) is 16.3 Å². The van der Waals surface area contributed by atoms with Gasteiger partial charge in [-0.05, 0) is 42.5 Å². The Morgan fingerprint density at radius 1 is 1.33 bits per heavy atom. The van der Waals surface area contributed by atoms with Gasteiger partial charge in [-0.2, -0.15) is 5.10 Å². The summed E-state index contributed by atoms with van der Waals surface area (Å²) in [6, 6.07) is 10.1. The van der Waals surface area contributed by atoms with Crippen molar-refractivity contribution in [2.24, 2.45) is 0 Å². The SMILES string of the molecule is Cc1ccc(Cl)cc1-n1nc(-c2cccs2)c2c1NCC2. The first kappa shape index (κ1) is 12.9. The summed E-state index contributed by atoms with van der Waals surface area (Å²) in [6.07, 6.45) is 1.02. The van der Waals surface area contributed by atoms with Gasteiger partial charge in [0.15, 0.2) is 0 Å². The monoisotopic (exact) mass is 315 g/mol. The number of rotatable bonds is 2. The second-order valence-electron chi connectivity index (χ2n) is 5.17. The molecule has 0 amide bonds. The molecule has 0 spiro atoms. The second-order valence-corrected chi connectivity index (χ2v) is 6.56. The molecule has 2 aromatic heterocycles. The van der Waals surface area contributed by atoms with Crippen LogP contribution in [-0.2, 0) is 6.42 Å². The summed E-state index contributed by atoms with van der Waals surface area (Å²) in [5, 5.41) is 11.1. The molecule has 0 saturated heterocycles. The predicted octanol–water partition coefficient (Wildman–Crippen LogP) is 4.53. The third-order valence-electron chi connectivity index (χ3n) is 3.80. The van der Waals surface area contributed by atoms with Crippen molar-refractivity contribution in [3.63, 3.8) is 0 Å². The van der Waals surface area contributed by atoms with Crippen LogP contribution in [0.4, 0.5) is 5.82 Å². The lowest BCUT2D eigenvalue weighted by Gasteiger charge is -2.09. The Balaban J connectivity index is 1.95.